The summed E-state index contributed by atoms with van der Waals surface area (Å²) in [5.74, 6) is 1.23. The molecule has 0 aliphatic heterocycles. The van der Waals surface area contributed by atoms with Crippen molar-refractivity contribution in [3.05, 3.63) is 72.4 Å². The van der Waals surface area contributed by atoms with E-state index in [9.17, 15) is 0 Å². The molecule has 1 aromatic heterocycles. The third-order valence-corrected chi connectivity index (χ3v) is 4.29. The van der Waals surface area contributed by atoms with E-state index in [1.807, 2.05) is 18.2 Å². The van der Waals surface area contributed by atoms with E-state index < -0.39 is 0 Å². The lowest BCUT2D eigenvalue weighted by Crippen LogP contribution is -2.11. The first-order chi connectivity index (χ1) is 11.7. The van der Waals surface area contributed by atoms with Crippen molar-refractivity contribution in [2.24, 2.45) is 0 Å². The number of anilines is 1. The maximum atomic E-state index is 8.24. The van der Waals surface area contributed by atoms with Gasteiger partial charge >= 0.3 is 0 Å². The molecule has 1 atom stereocenters. The van der Waals surface area contributed by atoms with Gasteiger partial charge in [0, 0.05) is 24.9 Å². The zero-order chi connectivity index (χ0) is 16.8. The Morgan fingerprint density at radius 1 is 1.04 bits per heavy atom. The van der Waals surface area contributed by atoms with Crippen LogP contribution in [0.4, 0.5) is 5.82 Å². The Balaban J connectivity index is 1.53. The van der Waals surface area contributed by atoms with Crippen LogP contribution in [0.5, 0.6) is 0 Å². The number of aromatic nitrogens is 1. The molecular formula is C21H23N3. The lowest BCUT2D eigenvalue weighted by atomic mass is 9.92. The van der Waals surface area contributed by atoms with Crippen molar-refractivity contribution in [1.82, 2.24) is 4.98 Å². The van der Waals surface area contributed by atoms with Crippen LogP contribution in [0.1, 0.15) is 31.2 Å². The summed E-state index contributed by atoms with van der Waals surface area (Å²) in [4.78, 5) is 4.23. The van der Waals surface area contributed by atoms with Gasteiger partial charge in [0.25, 0.3) is 0 Å². The van der Waals surface area contributed by atoms with Crippen LogP contribution in [0.15, 0.2) is 66.9 Å². The number of hydrogen-bond donors (Lipinski definition) is 2. The molecule has 0 saturated carbocycles. The quantitative estimate of drug-likeness (QED) is 0.585. The molecule has 0 amide bonds. The van der Waals surface area contributed by atoms with Crippen LogP contribution >= 0.6 is 0 Å². The summed E-state index contributed by atoms with van der Waals surface area (Å²) in [6.45, 7) is 2.95. The van der Waals surface area contributed by atoms with Gasteiger partial charge in [-0.2, -0.15) is 0 Å². The summed E-state index contributed by atoms with van der Waals surface area (Å²) in [5.41, 5.74) is 2.08. The van der Waals surface area contributed by atoms with E-state index in [2.05, 4.69) is 59.7 Å². The highest BCUT2D eigenvalue weighted by atomic mass is 15.0. The maximum Gasteiger partial charge on any atom is 0.125 e. The number of fused-ring (bicyclic) bond motifs is 1. The molecule has 0 aliphatic rings. The largest absolute Gasteiger partial charge is 0.370 e. The fraction of sp³-hybridized carbons (Fsp3) is 0.238. The average Bonchev–Trinajstić information content (AvgIpc) is 2.62. The van der Waals surface area contributed by atoms with Crippen molar-refractivity contribution in [2.75, 3.05) is 11.9 Å². The van der Waals surface area contributed by atoms with Crippen molar-refractivity contribution < 1.29 is 0 Å². The predicted molar refractivity (Wildman–Crippen MR) is 102 cm³/mol. The topological polar surface area (TPSA) is 48.8 Å². The molecule has 3 rings (SSSR count). The lowest BCUT2D eigenvalue weighted by Gasteiger charge is -2.14. The summed E-state index contributed by atoms with van der Waals surface area (Å²) in [7, 11) is 0. The molecule has 2 aromatic carbocycles. The summed E-state index contributed by atoms with van der Waals surface area (Å²) < 4.78 is 0. The van der Waals surface area contributed by atoms with E-state index >= 15 is 0 Å². The first-order valence-electron chi connectivity index (χ1n) is 8.42. The predicted octanol–water partition coefficient (Wildman–Crippen LogP) is 5.25. The van der Waals surface area contributed by atoms with Crippen LogP contribution < -0.4 is 5.32 Å². The van der Waals surface area contributed by atoms with Gasteiger partial charge in [0.1, 0.15) is 5.82 Å². The average molecular weight is 317 g/mol. The normalized spacial score (nSPS) is 12.0. The van der Waals surface area contributed by atoms with Gasteiger partial charge in [0.05, 0.1) is 0 Å². The number of rotatable bonds is 7. The van der Waals surface area contributed by atoms with Gasteiger partial charge in [-0.1, -0.05) is 55.5 Å². The minimum absolute atomic E-state index is 0.358. The Morgan fingerprint density at radius 2 is 1.83 bits per heavy atom. The number of hydrogen-bond acceptors (Lipinski definition) is 3. The highest BCUT2D eigenvalue weighted by Crippen LogP contribution is 2.24. The van der Waals surface area contributed by atoms with Gasteiger partial charge in [-0.25, -0.2) is 4.98 Å². The molecule has 0 radical (unpaired) electrons. The number of nitrogens with zero attached hydrogens (tertiary/aromatic N) is 1. The molecule has 0 bridgehead atoms. The molecule has 3 nitrogen and oxygen atoms in total. The van der Waals surface area contributed by atoms with Crippen LogP contribution in [0.3, 0.4) is 0 Å². The zero-order valence-corrected chi connectivity index (χ0v) is 14.0. The van der Waals surface area contributed by atoms with Crippen LogP contribution in [-0.2, 0) is 0 Å². The molecule has 0 saturated heterocycles. The maximum absolute atomic E-state index is 8.24. The third kappa shape index (κ3) is 4.19. The molecule has 24 heavy (non-hydrogen) atoms. The Morgan fingerprint density at radius 3 is 2.62 bits per heavy atom. The lowest BCUT2D eigenvalue weighted by molar-refractivity contribution is 0.789. The number of benzene rings is 2. The van der Waals surface area contributed by atoms with Gasteiger partial charge in [-0.15, -0.1) is 0 Å². The van der Waals surface area contributed by atoms with E-state index in [4.69, 9.17) is 5.41 Å². The fourth-order valence-electron chi connectivity index (χ4n) is 2.91. The van der Waals surface area contributed by atoms with E-state index in [1.165, 1.54) is 16.3 Å². The van der Waals surface area contributed by atoms with Crippen molar-refractivity contribution >= 4 is 22.3 Å². The first-order valence-corrected chi connectivity index (χ1v) is 8.42. The van der Waals surface area contributed by atoms with Gasteiger partial charge in [-0.05, 0) is 40.8 Å². The van der Waals surface area contributed by atoms with E-state index in [1.54, 1.807) is 6.20 Å². The Kier molecular flexibility index (Phi) is 5.22. The summed E-state index contributed by atoms with van der Waals surface area (Å²) in [6, 6.07) is 20.8. The first kappa shape index (κ1) is 16.2. The molecule has 0 unspecified atom stereocenters. The standard InChI is InChI=1S/C21H23N3/c1-16(18-10-9-17-6-2-3-7-19(17)15-18)14-20(22)11-13-24-21-8-4-5-12-23-21/h2-10,12,15-16,22H,11,13-14H2,1H3,(H,23,24)/t16-/m0/s1. The minimum atomic E-state index is 0.358. The Bertz CT molecular complexity index is 811. The van der Waals surface area contributed by atoms with Gasteiger partial charge < -0.3 is 10.7 Å². The second-order valence-corrected chi connectivity index (χ2v) is 6.21. The SMILES string of the molecule is C[C@@H](CC(=N)CCNc1ccccn1)c1ccc2ccccc2c1. The second kappa shape index (κ2) is 7.73. The molecule has 0 spiro atoms. The van der Waals surface area contributed by atoms with Crippen molar-refractivity contribution in [3.63, 3.8) is 0 Å². The van der Waals surface area contributed by atoms with Gasteiger partial charge in [0.2, 0.25) is 0 Å². The number of nitrogens with one attached hydrogen (secondary N) is 2. The molecule has 1 heterocycles. The summed E-state index contributed by atoms with van der Waals surface area (Å²) in [5, 5.41) is 14.0. The van der Waals surface area contributed by atoms with Crippen LogP contribution in [0, 0.1) is 5.41 Å². The monoisotopic (exact) mass is 317 g/mol. The highest BCUT2D eigenvalue weighted by Gasteiger charge is 2.09. The van der Waals surface area contributed by atoms with E-state index in [-0.39, 0.29) is 0 Å². The van der Waals surface area contributed by atoms with Crippen molar-refractivity contribution in [1.29, 1.82) is 5.41 Å². The smallest absolute Gasteiger partial charge is 0.125 e. The Hall–Kier alpha value is -2.68. The molecule has 0 fully saturated rings. The molecule has 0 aliphatic carbocycles. The molecule has 3 heteroatoms. The van der Waals surface area contributed by atoms with E-state index in [0.717, 1.165) is 30.9 Å². The summed E-state index contributed by atoms with van der Waals surface area (Å²) >= 11 is 0. The zero-order valence-electron chi connectivity index (χ0n) is 14.0. The summed E-state index contributed by atoms with van der Waals surface area (Å²) in [6.07, 6.45) is 3.31. The second-order valence-electron chi connectivity index (χ2n) is 6.21. The third-order valence-electron chi connectivity index (χ3n) is 4.29. The van der Waals surface area contributed by atoms with Crippen molar-refractivity contribution in [3.8, 4) is 0 Å². The molecule has 3 aromatic rings. The van der Waals surface area contributed by atoms with Gasteiger partial charge in [0.15, 0.2) is 0 Å². The van der Waals surface area contributed by atoms with E-state index in [0.29, 0.717) is 5.92 Å². The van der Waals surface area contributed by atoms with Crippen molar-refractivity contribution in [2.45, 2.75) is 25.7 Å². The van der Waals surface area contributed by atoms with Crippen LogP contribution in [0.2, 0.25) is 0 Å². The van der Waals surface area contributed by atoms with Gasteiger partial charge in [-0.3, -0.25) is 0 Å². The highest BCUT2D eigenvalue weighted by molar-refractivity contribution is 5.84. The minimum Gasteiger partial charge on any atom is -0.370 e. The fourth-order valence-corrected chi connectivity index (χ4v) is 2.91. The molecule has 2 N–H and O–H groups in total. The molecular weight excluding hydrogens is 294 g/mol. The van der Waals surface area contributed by atoms with Crippen LogP contribution in [-0.4, -0.2) is 17.2 Å². The van der Waals surface area contributed by atoms with Crippen LogP contribution in [0.25, 0.3) is 10.8 Å². The Labute approximate surface area is 143 Å². The number of pyridine rings is 1. The molecule has 122 valence electrons.